The van der Waals surface area contributed by atoms with Crippen LogP contribution in [0.25, 0.3) is 11.3 Å². The number of alkyl carbamates (subject to hydrolysis) is 2. The Morgan fingerprint density at radius 2 is 1.39 bits per heavy atom. The van der Waals surface area contributed by atoms with Gasteiger partial charge in [0.1, 0.15) is 36.1 Å². The zero-order valence-corrected chi connectivity index (χ0v) is 45.7. The number of aliphatic hydroxyl groups is 1. The maximum absolute atomic E-state index is 16.1. The second kappa shape index (κ2) is 26.8. The van der Waals surface area contributed by atoms with E-state index in [1.54, 1.807) is 23.6 Å². The van der Waals surface area contributed by atoms with Gasteiger partial charge in [0.15, 0.2) is 0 Å². The lowest BCUT2D eigenvalue weighted by molar-refractivity contribution is -0.221. The first-order valence-corrected chi connectivity index (χ1v) is 25.8. The zero-order chi connectivity index (χ0) is 60.5. The zero-order valence-electron chi connectivity index (χ0n) is 45.7. The Kier molecular flexibility index (Phi) is 20.9. The van der Waals surface area contributed by atoms with Crippen LogP contribution in [0.3, 0.4) is 0 Å². The van der Waals surface area contributed by atoms with Crippen molar-refractivity contribution in [1.82, 2.24) is 46.0 Å². The molecule has 2 aromatic heterocycles. The largest absolute Gasteiger partial charge is 0.453 e. The first-order chi connectivity index (χ1) is 38.4. The molecule has 448 valence electrons. The highest BCUT2D eigenvalue weighted by molar-refractivity contribution is 5.87. The minimum atomic E-state index is -5.23. The lowest BCUT2D eigenvalue weighted by Crippen LogP contribution is -2.63. The standard InChI is InChI=1S/C54H64F10N10O8/c1-8-35-25-71(36-29-82-30-36)19-20-74(35)44-16-15-33(24-65-44)14-11-31-9-12-32(13-10-31)21-41(66-47(76)45(67-49(78)80-6)51(2,3)53(59,60)61)42(75)27-73(70-48(77)46(68-50(79)81-7)52(4,5)54(62,63)64)26-37-38(55)22-34(23-39(37)56)40-17-18-72(69-40)28-43(57)58/h9-10,12-13,15-18,22-24,35-36,41-43,45-46,75H,8,19-21,25-30H2,1-7H3,(H,66,76)(H,67,78)(H,68,79)(H,70,77)/t35-,41+,42+,45-,46-/m1/s1. The van der Waals surface area contributed by atoms with Gasteiger partial charge in [0.25, 0.3) is 12.3 Å². The predicted octanol–water partition coefficient (Wildman–Crippen LogP) is 6.74. The van der Waals surface area contributed by atoms with E-state index in [0.29, 0.717) is 49.9 Å². The molecule has 0 saturated carbocycles. The van der Waals surface area contributed by atoms with Crippen molar-refractivity contribution >= 4 is 29.8 Å². The van der Waals surface area contributed by atoms with Gasteiger partial charge in [-0.3, -0.25) is 24.6 Å². The summed E-state index contributed by atoms with van der Waals surface area (Å²) in [6.45, 7) is 5.29. The number of alkyl halides is 8. The summed E-state index contributed by atoms with van der Waals surface area (Å²) in [5.74, 6) is 0.867. The highest BCUT2D eigenvalue weighted by Gasteiger charge is 2.57. The third kappa shape index (κ3) is 15.9. The van der Waals surface area contributed by atoms with Crippen LogP contribution < -0.4 is 26.3 Å². The first-order valence-electron chi connectivity index (χ1n) is 25.8. The summed E-state index contributed by atoms with van der Waals surface area (Å²) in [5, 5.41) is 22.5. The van der Waals surface area contributed by atoms with Gasteiger partial charge in [-0.2, -0.15) is 31.4 Å². The number of rotatable bonds is 21. The predicted molar refractivity (Wildman–Crippen MR) is 276 cm³/mol. The number of piperazine rings is 1. The van der Waals surface area contributed by atoms with Crippen molar-refractivity contribution < 1.29 is 82.4 Å². The number of hydrogen-bond donors (Lipinski definition) is 5. The van der Waals surface area contributed by atoms with Crippen molar-refractivity contribution in [3.63, 3.8) is 0 Å². The number of methoxy groups -OCH3 is 2. The van der Waals surface area contributed by atoms with Gasteiger partial charge in [0, 0.05) is 73.4 Å². The first kappa shape index (κ1) is 64.0. The fraction of sp³-hybridized carbons (Fsp3) is 0.519. The number of nitrogens with one attached hydrogen (secondary N) is 4. The molecule has 5 atom stereocenters. The number of carbonyl (C=O) groups excluding carboxylic acids is 4. The van der Waals surface area contributed by atoms with E-state index >= 15 is 8.78 Å². The molecule has 28 heteroatoms. The van der Waals surface area contributed by atoms with Crippen molar-refractivity contribution in [1.29, 1.82) is 0 Å². The summed E-state index contributed by atoms with van der Waals surface area (Å²) >= 11 is 0. The number of hydrazine groups is 1. The molecular formula is C54H64F10N10O8. The molecule has 5 N–H and O–H groups in total. The normalized spacial score (nSPS) is 17.0. The van der Waals surface area contributed by atoms with E-state index in [2.05, 4.69) is 53.4 Å². The van der Waals surface area contributed by atoms with E-state index in [4.69, 9.17) is 4.74 Å². The lowest BCUT2D eigenvalue weighted by atomic mass is 9.82. The molecule has 6 rings (SSSR count). The second-order valence-corrected chi connectivity index (χ2v) is 20.8. The molecule has 0 spiro atoms. The van der Waals surface area contributed by atoms with Crippen LogP contribution in [0.2, 0.25) is 0 Å². The van der Waals surface area contributed by atoms with Crippen molar-refractivity contribution in [2.24, 2.45) is 10.8 Å². The van der Waals surface area contributed by atoms with E-state index < -0.39 is 121 Å². The molecule has 2 aliphatic heterocycles. The quantitative estimate of drug-likeness (QED) is 0.0334. The molecule has 0 radical (unpaired) electrons. The summed E-state index contributed by atoms with van der Waals surface area (Å²) in [7, 11) is 1.61. The van der Waals surface area contributed by atoms with Gasteiger partial charge in [-0.05, 0) is 88.6 Å². The fourth-order valence-electron chi connectivity index (χ4n) is 9.00. The highest BCUT2D eigenvalue weighted by Crippen LogP contribution is 2.42. The lowest BCUT2D eigenvalue weighted by Gasteiger charge is -2.47. The van der Waals surface area contributed by atoms with Crippen LogP contribution in [-0.4, -0.2) is 162 Å². The molecule has 2 aliphatic rings. The number of anilines is 1. The van der Waals surface area contributed by atoms with Crippen LogP contribution >= 0.6 is 0 Å². The highest BCUT2D eigenvalue weighted by atomic mass is 19.4. The van der Waals surface area contributed by atoms with Gasteiger partial charge in [-0.15, -0.1) is 0 Å². The number of hydrogen-bond acceptors (Lipinski definition) is 13. The molecule has 0 unspecified atom stereocenters. The average Bonchev–Trinajstić information content (AvgIpc) is 3.17. The van der Waals surface area contributed by atoms with Crippen LogP contribution in [0.5, 0.6) is 0 Å². The molecule has 82 heavy (non-hydrogen) atoms. The van der Waals surface area contributed by atoms with Crippen LogP contribution in [-0.2, 0) is 43.3 Å². The summed E-state index contributed by atoms with van der Waals surface area (Å²) in [5.41, 5.74) is -4.11. The Hall–Kier alpha value is -7.22. The van der Waals surface area contributed by atoms with Gasteiger partial charge in [-0.1, -0.05) is 30.9 Å². The van der Waals surface area contributed by atoms with Crippen LogP contribution in [0, 0.1) is 34.3 Å². The van der Waals surface area contributed by atoms with Crippen LogP contribution in [0.4, 0.5) is 59.3 Å². The van der Waals surface area contributed by atoms with Gasteiger partial charge < -0.3 is 40.2 Å². The van der Waals surface area contributed by atoms with Gasteiger partial charge in [0.2, 0.25) is 5.91 Å². The van der Waals surface area contributed by atoms with Gasteiger partial charge in [-0.25, -0.2) is 37.1 Å². The third-order valence-electron chi connectivity index (χ3n) is 14.5. The van der Waals surface area contributed by atoms with E-state index in [-0.39, 0.29) is 22.9 Å². The van der Waals surface area contributed by atoms with E-state index in [1.807, 2.05) is 22.9 Å². The molecule has 2 saturated heterocycles. The number of nitrogens with zero attached hydrogens (tertiary/aromatic N) is 6. The third-order valence-corrected chi connectivity index (χ3v) is 14.5. The van der Waals surface area contributed by atoms with Crippen LogP contribution in [0.15, 0.2) is 67.0 Å². The molecule has 2 fully saturated rings. The smallest absolute Gasteiger partial charge is 0.407 e. The van der Waals surface area contributed by atoms with E-state index in [9.17, 15) is 59.4 Å². The molecular weight excluding hydrogens is 1110 g/mol. The number of benzene rings is 2. The molecule has 0 bridgehead atoms. The number of ether oxygens (including phenoxy) is 3. The monoisotopic (exact) mass is 1170 g/mol. The number of carbonyl (C=O) groups is 4. The van der Waals surface area contributed by atoms with Crippen molar-refractivity contribution in [2.75, 3.05) is 58.5 Å². The summed E-state index contributed by atoms with van der Waals surface area (Å²) in [6, 6.07) is 6.31. The van der Waals surface area contributed by atoms with Gasteiger partial charge in [0.05, 0.1) is 62.1 Å². The molecule has 4 heterocycles. The Balaban J connectivity index is 1.33. The number of pyridine rings is 1. The number of halogens is 10. The topological polar surface area (TPSA) is 205 Å². The van der Waals surface area contributed by atoms with Gasteiger partial charge >= 0.3 is 24.5 Å². The Bertz CT molecular complexity index is 2890. The van der Waals surface area contributed by atoms with Crippen LogP contribution in [0.1, 0.15) is 63.3 Å². The van der Waals surface area contributed by atoms with E-state index in [0.717, 1.165) is 82.3 Å². The Morgan fingerprint density at radius 3 is 1.90 bits per heavy atom. The number of amides is 4. The van der Waals surface area contributed by atoms with Crippen molar-refractivity contribution in [2.45, 2.75) is 116 Å². The molecule has 0 aliphatic carbocycles. The van der Waals surface area contributed by atoms with Crippen molar-refractivity contribution in [3.8, 4) is 23.1 Å². The van der Waals surface area contributed by atoms with E-state index in [1.165, 1.54) is 18.2 Å². The summed E-state index contributed by atoms with van der Waals surface area (Å²) in [6.07, 6.45) is -15.2. The average molecular weight is 1170 g/mol. The molecule has 2 aromatic carbocycles. The molecule has 4 amide bonds. The maximum Gasteiger partial charge on any atom is 0.407 e. The molecule has 4 aromatic rings. The summed E-state index contributed by atoms with van der Waals surface area (Å²) < 4.78 is 161. The molecule has 18 nitrogen and oxygen atoms in total. The minimum absolute atomic E-state index is 0.156. The minimum Gasteiger partial charge on any atom is -0.453 e. The Labute approximate surface area is 466 Å². The number of aliphatic hydroxyl groups excluding tert-OH is 1. The fourth-order valence-corrected chi connectivity index (χ4v) is 9.00. The number of aromatic nitrogens is 3. The Morgan fingerprint density at radius 1 is 0.817 bits per heavy atom. The maximum atomic E-state index is 16.1. The second-order valence-electron chi connectivity index (χ2n) is 20.8. The summed E-state index contributed by atoms with van der Waals surface area (Å²) in [4.78, 5) is 62.3. The van der Waals surface area contributed by atoms with Crippen molar-refractivity contribution in [3.05, 3.63) is 101 Å². The SMILES string of the molecule is CC[C@@H]1CN(C2COC2)CCN1c1ccc(C#Cc2ccc(C[C@H](NC(=O)[C@@H](NC(=O)OC)C(C)(C)C(F)(F)F)[C@@H](O)CN(Cc3c(F)cc(-c4ccn(CC(F)F)n4)cc3F)NC(=O)[C@@H](NC(=O)OC)C(C)(C)C(F)(F)F)cc2)cn1.